The lowest BCUT2D eigenvalue weighted by atomic mass is 10.0. The van der Waals surface area contributed by atoms with Gasteiger partial charge in [-0.2, -0.15) is 0 Å². The molecular weight excluding hydrogens is 348 g/mol. The van der Waals surface area contributed by atoms with Gasteiger partial charge in [0, 0.05) is 6.54 Å². The van der Waals surface area contributed by atoms with Gasteiger partial charge in [-0.3, -0.25) is 14.5 Å². The summed E-state index contributed by atoms with van der Waals surface area (Å²) < 4.78 is 0. The van der Waals surface area contributed by atoms with E-state index in [1.165, 1.54) is 10.5 Å². The largest absolute Gasteiger partial charge is 0.305 e. The lowest BCUT2D eigenvalue weighted by Gasteiger charge is -2.14. The molecule has 0 aromatic heterocycles. The van der Waals surface area contributed by atoms with Crippen LogP contribution in [0.5, 0.6) is 0 Å². The van der Waals surface area contributed by atoms with Gasteiger partial charge in [0.15, 0.2) is 0 Å². The van der Waals surface area contributed by atoms with Crippen LogP contribution in [0.15, 0.2) is 72.8 Å². The van der Waals surface area contributed by atoms with Crippen molar-refractivity contribution in [3.05, 3.63) is 95.1 Å². The molecular formula is C24H22N2O2. The molecule has 0 radical (unpaired) electrons. The summed E-state index contributed by atoms with van der Waals surface area (Å²) in [6.45, 7) is 1.20. The Hall–Kier alpha value is -3.24. The summed E-state index contributed by atoms with van der Waals surface area (Å²) in [6.07, 6.45) is 0. The molecule has 0 saturated heterocycles. The van der Waals surface area contributed by atoms with E-state index >= 15 is 0 Å². The second-order valence-electron chi connectivity index (χ2n) is 7.37. The summed E-state index contributed by atoms with van der Waals surface area (Å²) in [5.41, 5.74) is 5.44. The standard InChI is InChI=1S/C24H22N2O2/c1-25(2)15-17-7-11-19(12-8-17)20-13-9-18(10-14-20)16-26-23(27)21-5-3-4-6-22(21)24(26)28/h3-14H,15-16H2,1-2H3. The smallest absolute Gasteiger partial charge is 0.261 e. The summed E-state index contributed by atoms with van der Waals surface area (Å²) in [5.74, 6) is -0.442. The SMILES string of the molecule is CN(C)Cc1ccc(-c2ccc(CN3C(=O)c4ccccc4C3=O)cc2)cc1. The van der Waals surface area contributed by atoms with E-state index in [4.69, 9.17) is 0 Å². The van der Waals surface area contributed by atoms with Gasteiger partial charge in [0.1, 0.15) is 0 Å². The Morgan fingerprint density at radius 3 is 1.61 bits per heavy atom. The Bertz CT molecular complexity index is 986. The highest BCUT2D eigenvalue weighted by atomic mass is 16.2. The van der Waals surface area contributed by atoms with Crippen molar-refractivity contribution in [3.63, 3.8) is 0 Å². The first kappa shape index (κ1) is 18.1. The van der Waals surface area contributed by atoms with Crippen LogP contribution in [0.2, 0.25) is 0 Å². The van der Waals surface area contributed by atoms with Crippen LogP contribution in [0.4, 0.5) is 0 Å². The highest BCUT2D eigenvalue weighted by molar-refractivity contribution is 6.21. The van der Waals surface area contributed by atoms with Crippen molar-refractivity contribution in [3.8, 4) is 11.1 Å². The highest BCUT2D eigenvalue weighted by Gasteiger charge is 2.34. The molecule has 2 amide bonds. The predicted octanol–water partition coefficient (Wildman–Crippen LogP) is 4.21. The molecule has 4 nitrogen and oxygen atoms in total. The zero-order chi connectivity index (χ0) is 19.7. The first-order valence-corrected chi connectivity index (χ1v) is 9.31. The van der Waals surface area contributed by atoms with Crippen molar-refractivity contribution in [1.29, 1.82) is 0 Å². The van der Waals surface area contributed by atoms with Crippen molar-refractivity contribution in [2.45, 2.75) is 13.1 Å². The minimum atomic E-state index is -0.221. The normalized spacial score (nSPS) is 13.3. The molecule has 1 heterocycles. The fourth-order valence-electron chi connectivity index (χ4n) is 3.54. The molecule has 0 spiro atoms. The van der Waals surface area contributed by atoms with E-state index in [1.807, 2.05) is 24.3 Å². The van der Waals surface area contributed by atoms with E-state index in [1.54, 1.807) is 24.3 Å². The molecule has 0 fully saturated rings. The number of fused-ring (bicyclic) bond motifs is 1. The quantitative estimate of drug-likeness (QED) is 0.632. The molecule has 3 aromatic carbocycles. The molecule has 4 rings (SSSR count). The van der Waals surface area contributed by atoms with Gasteiger partial charge >= 0.3 is 0 Å². The van der Waals surface area contributed by atoms with Crippen molar-refractivity contribution in [2.24, 2.45) is 0 Å². The topological polar surface area (TPSA) is 40.6 Å². The summed E-state index contributed by atoms with van der Waals surface area (Å²) in [4.78, 5) is 28.5. The molecule has 1 aliphatic heterocycles. The summed E-state index contributed by atoms with van der Waals surface area (Å²) in [5, 5.41) is 0. The number of nitrogens with zero attached hydrogens (tertiary/aromatic N) is 2. The molecule has 0 bridgehead atoms. The lowest BCUT2D eigenvalue weighted by molar-refractivity contribution is 0.0642. The Labute approximate surface area is 165 Å². The number of hydrogen-bond donors (Lipinski definition) is 0. The average Bonchev–Trinajstić information content (AvgIpc) is 2.94. The Balaban J connectivity index is 1.48. The summed E-state index contributed by atoms with van der Waals surface area (Å²) >= 11 is 0. The molecule has 3 aromatic rings. The van der Waals surface area contributed by atoms with Crippen molar-refractivity contribution in [2.75, 3.05) is 14.1 Å². The fourth-order valence-corrected chi connectivity index (χ4v) is 3.54. The Morgan fingerprint density at radius 2 is 1.14 bits per heavy atom. The van der Waals surface area contributed by atoms with Crippen molar-refractivity contribution in [1.82, 2.24) is 9.80 Å². The third-order valence-electron chi connectivity index (χ3n) is 4.96. The van der Waals surface area contributed by atoms with E-state index < -0.39 is 0 Å². The van der Waals surface area contributed by atoms with Gasteiger partial charge in [-0.25, -0.2) is 0 Å². The van der Waals surface area contributed by atoms with Gasteiger partial charge < -0.3 is 4.90 Å². The van der Waals surface area contributed by atoms with Gasteiger partial charge in [-0.05, 0) is 48.5 Å². The Morgan fingerprint density at radius 1 is 0.679 bits per heavy atom. The number of hydrogen-bond acceptors (Lipinski definition) is 3. The minimum absolute atomic E-state index is 0.221. The van der Waals surface area contributed by atoms with E-state index in [0.29, 0.717) is 11.1 Å². The fraction of sp³-hybridized carbons (Fsp3) is 0.167. The molecule has 0 N–H and O–H groups in total. The van der Waals surface area contributed by atoms with Gasteiger partial charge in [0.2, 0.25) is 0 Å². The number of carbonyl (C=O) groups excluding carboxylic acids is 2. The van der Waals surface area contributed by atoms with E-state index in [9.17, 15) is 9.59 Å². The Kier molecular flexibility index (Phi) is 4.80. The monoisotopic (exact) mass is 370 g/mol. The average molecular weight is 370 g/mol. The molecule has 1 aliphatic rings. The maximum absolute atomic E-state index is 12.5. The second kappa shape index (κ2) is 7.41. The third-order valence-corrected chi connectivity index (χ3v) is 4.96. The second-order valence-corrected chi connectivity index (χ2v) is 7.37. The van der Waals surface area contributed by atoms with Crippen molar-refractivity contribution < 1.29 is 9.59 Å². The van der Waals surface area contributed by atoms with E-state index in [0.717, 1.165) is 23.2 Å². The lowest BCUT2D eigenvalue weighted by Crippen LogP contribution is -2.29. The van der Waals surface area contributed by atoms with Gasteiger partial charge in [-0.15, -0.1) is 0 Å². The van der Waals surface area contributed by atoms with Gasteiger partial charge in [-0.1, -0.05) is 60.7 Å². The van der Waals surface area contributed by atoms with Crippen LogP contribution in [-0.4, -0.2) is 35.7 Å². The number of rotatable bonds is 5. The third kappa shape index (κ3) is 3.47. The summed E-state index contributed by atoms with van der Waals surface area (Å²) in [6, 6.07) is 23.5. The first-order chi connectivity index (χ1) is 13.5. The van der Waals surface area contributed by atoms with Crippen LogP contribution in [0.1, 0.15) is 31.8 Å². The van der Waals surface area contributed by atoms with Crippen LogP contribution < -0.4 is 0 Å². The minimum Gasteiger partial charge on any atom is -0.305 e. The van der Waals surface area contributed by atoms with Crippen LogP contribution in [-0.2, 0) is 13.1 Å². The van der Waals surface area contributed by atoms with Crippen LogP contribution in [0, 0.1) is 0 Å². The number of imide groups is 1. The number of benzene rings is 3. The summed E-state index contributed by atoms with van der Waals surface area (Å²) in [7, 11) is 4.11. The molecule has 0 atom stereocenters. The highest BCUT2D eigenvalue weighted by Crippen LogP contribution is 2.25. The molecule has 4 heteroatoms. The molecule has 140 valence electrons. The zero-order valence-electron chi connectivity index (χ0n) is 16.1. The van der Waals surface area contributed by atoms with Gasteiger partial charge in [0.05, 0.1) is 17.7 Å². The maximum Gasteiger partial charge on any atom is 0.261 e. The van der Waals surface area contributed by atoms with Crippen molar-refractivity contribution >= 4 is 11.8 Å². The molecule has 0 saturated carbocycles. The molecule has 28 heavy (non-hydrogen) atoms. The van der Waals surface area contributed by atoms with Crippen LogP contribution >= 0.6 is 0 Å². The van der Waals surface area contributed by atoms with E-state index in [2.05, 4.69) is 43.3 Å². The molecule has 0 aliphatic carbocycles. The van der Waals surface area contributed by atoms with Crippen LogP contribution in [0.3, 0.4) is 0 Å². The number of carbonyl (C=O) groups is 2. The zero-order valence-corrected chi connectivity index (χ0v) is 16.1. The number of amides is 2. The first-order valence-electron chi connectivity index (χ1n) is 9.31. The van der Waals surface area contributed by atoms with Crippen LogP contribution in [0.25, 0.3) is 11.1 Å². The van der Waals surface area contributed by atoms with Gasteiger partial charge in [0.25, 0.3) is 11.8 Å². The maximum atomic E-state index is 12.5. The predicted molar refractivity (Wildman–Crippen MR) is 110 cm³/mol. The van der Waals surface area contributed by atoms with E-state index in [-0.39, 0.29) is 18.4 Å². The molecule has 0 unspecified atom stereocenters.